The van der Waals surface area contributed by atoms with Crippen LogP contribution in [0.15, 0.2) is 60.7 Å². The lowest BCUT2D eigenvalue weighted by molar-refractivity contribution is -0.211. The normalized spacial score (nSPS) is 24.3. The van der Waals surface area contributed by atoms with Gasteiger partial charge in [0, 0.05) is 18.2 Å². The number of aryl methyl sites for hydroxylation is 1. The van der Waals surface area contributed by atoms with Crippen molar-refractivity contribution in [1.82, 2.24) is 5.32 Å². The lowest BCUT2D eigenvalue weighted by Gasteiger charge is -2.55. The molecule has 2 saturated heterocycles. The molecule has 4 unspecified atom stereocenters. The zero-order valence-electron chi connectivity index (χ0n) is 26.1. The van der Waals surface area contributed by atoms with Crippen LogP contribution in [0.3, 0.4) is 0 Å². The molecule has 4 aromatic rings. The smallest absolute Gasteiger partial charge is 0.169 e. The van der Waals surface area contributed by atoms with Gasteiger partial charge in [-0.05, 0) is 103 Å². The Kier molecular flexibility index (Phi) is 8.30. The van der Waals surface area contributed by atoms with Gasteiger partial charge in [0.1, 0.15) is 5.75 Å². The zero-order chi connectivity index (χ0) is 31.8. The molecule has 7 rings (SSSR count). The Morgan fingerprint density at radius 2 is 1.61 bits per heavy atom. The molecule has 1 saturated carbocycles. The summed E-state index contributed by atoms with van der Waals surface area (Å²) in [7, 11) is 0. The van der Waals surface area contributed by atoms with E-state index in [0.717, 1.165) is 30.9 Å². The predicted molar refractivity (Wildman–Crippen MR) is 180 cm³/mol. The van der Waals surface area contributed by atoms with Crippen molar-refractivity contribution in [3.8, 4) is 28.7 Å². The highest BCUT2D eigenvalue weighted by atomic mass is 16.5. The molecule has 46 heavy (non-hydrogen) atoms. The largest absolute Gasteiger partial charge is 0.507 e. The Labute approximate surface area is 269 Å². The van der Waals surface area contributed by atoms with Crippen molar-refractivity contribution in [3.05, 3.63) is 88.5 Å². The van der Waals surface area contributed by atoms with Crippen molar-refractivity contribution >= 4 is 22.9 Å². The van der Waals surface area contributed by atoms with E-state index in [1.165, 1.54) is 62.3 Å². The van der Waals surface area contributed by atoms with E-state index in [4.69, 9.17) is 4.74 Å². The van der Waals surface area contributed by atoms with E-state index in [9.17, 15) is 25.5 Å². The second-order valence-corrected chi connectivity index (χ2v) is 13.5. The summed E-state index contributed by atoms with van der Waals surface area (Å²) in [5.41, 5.74) is 4.32. The molecular formula is C39H43NO6. The molecule has 2 bridgehead atoms. The third-order valence-electron chi connectivity index (χ3n) is 10.7. The summed E-state index contributed by atoms with van der Waals surface area (Å²) in [5.74, 6) is -0.442. The van der Waals surface area contributed by atoms with Gasteiger partial charge in [-0.3, -0.25) is 0 Å². The van der Waals surface area contributed by atoms with Gasteiger partial charge in [0.2, 0.25) is 0 Å². The van der Waals surface area contributed by atoms with Crippen LogP contribution in [0.25, 0.3) is 22.9 Å². The highest BCUT2D eigenvalue weighted by Crippen LogP contribution is 2.50. The molecule has 1 spiro atoms. The number of ether oxygens (including phenoxy) is 1. The van der Waals surface area contributed by atoms with E-state index in [1.807, 2.05) is 0 Å². The van der Waals surface area contributed by atoms with Gasteiger partial charge in [-0.25, -0.2) is 0 Å². The summed E-state index contributed by atoms with van der Waals surface area (Å²) < 4.78 is 6.67. The minimum Gasteiger partial charge on any atom is -0.507 e. The minimum atomic E-state index is -0.347. The standard InChI is InChI=1S/C39H43NO6/c41-33-18-13-25(20-35(33)43)12-16-30-31-5-3-6-34(42)36(31)38(45)37(44)32(30)17-11-24-7-9-26(10-8-24)23-40-28-21-29-15-14-27-4-1-2-19-39(27,22-28)46-29/h3,5-10,12-13,16,18,20,27-29,40-45H,1-2,4,11,14-15,17,19,21-23H2. The van der Waals surface area contributed by atoms with E-state index in [-0.39, 0.29) is 39.7 Å². The van der Waals surface area contributed by atoms with Gasteiger partial charge >= 0.3 is 0 Å². The number of phenols is 5. The number of fused-ring (bicyclic) bond motifs is 2. The summed E-state index contributed by atoms with van der Waals surface area (Å²) >= 11 is 0. The van der Waals surface area contributed by atoms with Gasteiger partial charge in [-0.15, -0.1) is 0 Å². The average molecular weight is 622 g/mol. The van der Waals surface area contributed by atoms with E-state index < -0.39 is 0 Å². The fraction of sp³-hybridized carbons (Fsp3) is 0.385. The molecule has 0 amide bonds. The molecule has 1 aliphatic carbocycles. The van der Waals surface area contributed by atoms with Crippen LogP contribution in [0.1, 0.15) is 79.2 Å². The number of nitrogens with one attached hydrogen (secondary N) is 1. The quantitative estimate of drug-likeness (QED) is 0.0881. The number of rotatable bonds is 8. The van der Waals surface area contributed by atoms with Crippen molar-refractivity contribution in [2.24, 2.45) is 5.92 Å². The van der Waals surface area contributed by atoms with Crippen molar-refractivity contribution in [3.63, 3.8) is 0 Å². The summed E-state index contributed by atoms with van der Waals surface area (Å²) in [6.07, 6.45) is 15.0. The number of phenolic OH excluding ortho intramolecular Hbond substituents is 5. The van der Waals surface area contributed by atoms with Gasteiger partial charge in [-0.1, -0.05) is 67.5 Å². The summed E-state index contributed by atoms with van der Waals surface area (Å²) in [5, 5.41) is 56.8. The first-order valence-corrected chi connectivity index (χ1v) is 16.7. The van der Waals surface area contributed by atoms with E-state index in [1.54, 1.807) is 30.4 Å². The van der Waals surface area contributed by atoms with Crippen molar-refractivity contribution in [2.45, 2.75) is 88.5 Å². The predicted octanol–water partition coefficient (Wildman–Crippen LogP) is 7.68. The molecule has 3 fully saturated rings. The number of aromatic hydroxyl groups is 5. The molecule has 4 atom stereocenters. The van der Waals surface area contributed by atoms with Crippen LogP contribution in [0.4, 0.5) is 0 Å². The highest BCUT2D eigenvalue weighted by molar-refractivity contribution is 6.03. The van der Waals surface area contributed by atoms with Crippen LogP contribution < -0.4 is 5.32 Å². The molecule has 7 heteroatoms. The Morgan fingerprint density at radius 1 is 0.783 bits per heavy atom. The SMILES string of the molecule is Oc1ccc(C=Cc2c(CCc3ccc(CNC4CC5CCC6CCCCC6(C4)O5)cc3)c(O)c(O)c3c(O)cccc23)cc1O. The molecule has 3 aliphatic rings. The average Bonchev–Trinajstić information content (AvgIpc) is 3.05. The van der Waals surface area contributed by atoms with E-state index >= 15 is 0 Å². The van der Waals surface area contributed by atoms with Crippen LogP contribution in [0.2, 0.25) is 0 Å². The Balaban J connectivity index is 1.06. The summed E-state index contributed by atoms with van der Waals surface area (Å²) in [6, 6.07) is 18.6. The number of hydrogen-bond donors (Lipinski definition) is 6. The first-order valence-electron chi connectivity index (χ1n) is 16.7. The van der Waals surface area contributed by atoms with Crippen molar-refractivity contribution in [2.75, 3.05) is 0 Å². The van der Waals surface area contributed by atoms with Crippen molar-refractivity contribution in [1.29, 1.82) is 0 Å². The fourth-order valence-corrected chi connectivity index (χ4v) is 8.27. The monoisotopic (exact) mass is 621 g/mol. The van der Waals surface area contributed by atoms with Gasteiger partial charge < -0.3 is 35.6 Å². The molecule has 240 valence electrons. The second kappa shape index (κ2) is 12.5. The Hall–Kier alpha value is -4.20. The third kappa shape index (κ3) is 5.90. The molecule has 2 heterocycles. The maximum atomic E-state index is 11.1. The van der Waals surface area contributed by atoms with Crippen LogP contribution in [0, 0.1) is 5.92 Å². The number of hydrogen-bond acceptors (Lipinski definition) is 7. The topological polar surface area (TPSA) is 122 Å². The van der Waals surface area contributed by atoms with E-state index in [0.29, 0.717) is 47.1 Å². The van der Waals surface area contributed by atoms with Gasteiger partial charge in [-0.2, -0.15) is 0 Å². The van der Waals surface area contributed by atoms with Crippen LogP contribution in [0.5, 0.6) is 28.7 Å². The Bertz CT molecular complexity index is 1770. The minimum absolute atomic E-state index is 0.0995. The summed E-state index contributed by atoms with van der Waals surface area (Å²) in [6.45, 7) is 0.822. The maximum Gasteiger partial charge on any atom is 0.169 e. The van der Waals surface area contributed by atoms with Gasteiger partial charge in [0.25, 0.3) is 0 Å². The molecule has 0 aromatic heterocycles. The first-order chi connectivity index (χ1) is 22.3. The Morgan fingerprint density at radius 3 is 2.43 bits per heavy atom. The van der Waals surface area contributed by atoms with Gasteiger partial charge in [0.05, 0.1) is 17.1 Å². The van der Waals surface area contributed by atoms with Crippen LogP contribution >= 0.6 is 0 Å². The van der Waals surface area contributed by atoms with Gasteiger partial charge in [0.15, 0.2) is 23.0 Å². The highest BCUT2D eigenvalue weighted by Gasteiger charge is 2.50. The summed E-state index contributed by atoms with van der Waals surface area (Å²) in [4.78, 5) is 0. The third-order valence-corrected chi connectivity index (χ3v) is 10.7. The molecular weight excluding hydrogens is 578 g/mol. The lowest BCUT2D eigenvalue weighted by Crippen LogP contribution is -2.58. The molecule has 2 aliphatic heterocycles. The second-order valence-electron chi connectivity index (χ2n) is 13.5. The number of benzene rings is 4. The van der Waals surface area contributed by atoms with E-state index in [2.05, 4.69) is 29.6 Å². The van der Waals surface area contributed by atoms with Crippen LogP contribution in [-0.4, -0.2) is 43.3 Å². The fourth-order valence-electron chi connectivity index (χ4n) is 8.27. The molecule has 6 N–H and O–H groups in total. The van der Waals surface area contributed by atoms with Crippen LogP contribution in [-0.2, 0) is 24.1 Å². The molecule has 4 aromatic carbocycles. The zero-order valence-corrected chi connectivity index (χ0v) is 26.1. The van der Waals surface area contributed by atoms with Crippen molar-refractivity contribution < 1.29 is 30.3 Å². The molecule has 7 nitrogen and oxygen atoms in total. The first kappa shape index (κ1) is 30.5. The molecule has 0 radical (unpaired) electrons. The maximum absolute atomic E-state index is 11.1. The lowest BCUT2D eigenvalue weighted by atomic mass is 9.65.